The molecule has 0 bridgehead atoms. The van der Waals surface area contributed by atoms with E-state index in [2.05, 4.69) is 17.4 Å². The minimum Gasteiger partial charge on any atom is -0.466 e. The number of hydrogen-bond acceptors (Lipinski definition) is 4. The summed E-state index contributed by atoms with van der Waals surface area (Å²) < 4.78 is 4.89. The summed E-state index contributed by atoms with van der Waals surface area (Å²) in [6, 6.07) is 8.57. The number of fused-ring (bicyclic) bond motifs is 1. The van der Waals surface area contributed by atoms with E-state index < -0.39 is 0 Å². The van der Waals surface area contributed by atoms with Crippen molar-refractivity contribution in [1.29, 1.82) is 0 Å². The van der Waals surface area contributed by atoms with Crippen molar-refractivity contribution >= 4 is 5.97 Å². The van der Waals surface area contributed by atoms with E-state index in [1.807, 2.05) is 19.1 Å². The number of ether oxygens (including phenoxy) is 1. The average Bonchev–Trinajstić information content (AvgIpc) is 2.68. The summed E-state index contributed by atoms with van der Waals surface area (Å²) in [5.74, 6) is -0.152. The first-order valence-corrected chi connectivity index (χ1v) is 6.45. The number of nitrogens with two attached hydrogens (primary N) is 1. The third-order valence-corrected chi connectivity index (χ3v) is 3.29. The van der Waals surface area contributed by atoms with Gasteiger partial charge in [0.15, 0.2) is 0 Å². The van der Waals surface area contributed by atoms with Crippen LogP contribution in [0.5, 0.6) is 0 Å². The van der Waals surface area contributed by atoms with Crippen LogP contribution in [0.4, 0.5) is 0 Å². The van der Waals surface area contributed by atoms with E-state index in [0.717, 1.165) is 6.42 Å². The van der Waals surface area contributed by atoms with Gasteiger partial charge in [0.1, 0.15) is 0 Å². The highest BCUT2D eigenvalue weighted by atomic mass is 16.5. The molecule has 18 heavy (non-hydrogen) atoms. The molecule has 0 amide bonds. The molecule has 3 N–H and O–H groups in total. The van der Waals surface area contributed by atoms with Crippen LogP contribution < -0.4 is 11.1 Å². The van der Waals surface area contributed by atoms with E-state index in [1.54, 1.807) is 0 Å². The van der Waals surface area contributed by atoms with Gasteiger partial charge in [-0.05, 0) is 24.5 Å². The van der Waals surface area contributed by atoms with Crippen molar-refractivity contribution in [3.8, 4) is 0 Å². The Morgan fingerprint density at radius 2 is 2.17 bits per heavy atom. The van der Waals surface area contributed by atoms with Crippen LogP contribution in [0.1, 0.15) is 43.0 Å². The third-order valence-electron chi connectivity index (χ3n) is 3.29. The molecule has 0 aromatic heterocycles. The summed E-state index contributed by atoms with van der Waals surface area (Å²) in [4.78, 5) is 11.2. The Kier molecular flexibility index (Phi) is 4.33. The van der Waals surface area contributed by atoms with E-state index in [1.165, 1.54) is 11.1 Å². The number of carbonyl (C=O) groups excluding carboxylic acids is 1. The lowest BCUT2D eigenvalue weighted by Gasteiger charge is -2.13. The van der Waals surface area contributed by atoms with Gasteiger partial charge in [-0.15, -0.1) is 0 Å². The van der Waals surface area contributed by atoms with E-state index in [4.69, 9.17) is 10.5 Å². The van der Waals surface area contributed by atoms with E-state index in [-0.39, 0.29) is 18.1 Å². The molecule has 4 nitrogen and oxygen atoms in total. The van der Waals surface area contributed by atoms with Gasteiger partial charge in [-0.25, -0.2) is 0 Å². The fourth-order valence-electron chi connectivity index (χ4n) is 2.45. The summed E-state index contributed by atoms with van der Waals surface area (Å²) in [7, 11) is 0. The molecule has 1 aliphatic rings. The molecule has 0 heterocycles. The molecule has 4 heteroatoms. The Balaban J connectivity index is 1.87. The Labute approximate surface area is 108 Å². The number of hydrogen-bond donors (Lipinski definition) is 2. The Bertz CT molecular complexity index is 420. The lowest BCUT2D eigenvalue weighted by atomic mass is 10.1. The number of carbonyl (C=O) groups is 1. The molecule has 1 aromatic carbocycles. The quantitative estimate of drug-likeness (QED) is 0.778. The van der Waals surface area contributed by atoms with Gasteiger partial charge >= 0.3 is 5.97 Å². The molecule has 1 aliphatic carbocycles. The minimum absolute atomic E-state index is 0.0984. The van der Waals surface area contributed by atoms with Gasteiger partial charge in [0.25, 0.3) is 0 Å². The second-order valence-corrected chi connectivity index (χ2v) is 4.53. The smallest absolute Gasteiger partial charge is 0.307 e. The zero-order chi connectivity index (χ0) is 13.0. The van der Waals surface area contributed by atoms with Crippen molar-refractivity contribution in [1.82, 2.24) is 5.32 Å². The van der Waals surface area contributed by atoms with Crippen molar-refractivity contribution in [3.05, 3.63) is 35.4 Å². The molecule has 1 aromatic rings. The van der Waals surface area contributed by atoms with Gasteiger partial charge in [0.2, 0.25) is 0 Å². The van der Waals surface area contributed by atoms with Gasteiger partial charge in [-0.2, -0.15) is 0 Å². The first kappa shape index (κ1) is 13.1. The normalized spacial score (nSPS) is 21.7. The van der Waals surface area contributed by atoms with E-state index in [0.29, 0.717) is 19.6 Å². The highest BCUT2D eigenvalue weighted by Gasteiger charge is 2.27. The molecular weight excluding hydrogens is 228 g/mol. The highest BCUT2D eigenvalue weighted by Crippen LogP contribution is 2.36. The molecule has 2 atom stereocenters. The molecule has 0 saturated carbocycles. The molecule has 0 saturated heterocycles. The van der Waals surface area contributed by atoms with E-state index >= 15 is 0 Å². The van der Waals surface area contributed by atoms with Gasteiger partial charge in [-0.3, -0.25) is 4.79 Å². The molecular formula is C14H20N2O2. The van der Waals surface area contributed by atoms with Gasteiger partial charge < -0.3 is 15.8 Å². The number of rotatable bonds is 5. The third kappa shape index (κ3) is 2.89. The van der Waals surface area contributed by atoms with Crippen LogP contribution in [0.15, 0.2) is 24.3 Å². The average molecular weight is 248 g/mol. The molecule has 98 valence electrons. The van der Waals surface area contributed by atoms with Crippen LogP contribution in [0.3, 0.4) is 0 Å². The maximum atomic E-state index is 11.2. The van der Waals surface area contributed by atoms with Crippen molar-refractivity contribution < 1.29 is 9.53 Å². The van der Waals surface area contributed by atoms with Crippen molar-refractivity contribution in [2.45, 2.75) is 31.8 Å². The summed E-state index contributed by atoms with van der Waals surface area (Å²) >= 11 is 0. The van der Waals surface area contributed by atoms with Gasteiger partial charge in [0, 0.05) is 18.6 Å². The van der Waals surface area contributed by atoms with Crippen LogP contribution in [0.25, 0.3) is 0 Å². The van der Waals surface area contributed by atoms with Crippen molar-refractivity contribution in [2.75, 3.05) is 13.2 Å². The van der Waals surface area contributed by atoms with Crippen LogP contribution in [-0.2, 0) is 9.53 Å². The zero-order valence-corrected chi connectivity index (χ0v) is 10.7. The van der Waals surface area contributed by atoms with Crippen molar-refractivity contribution in [3.63, 3.8) is 0 Å². The summed E-state index contributed by atoms with van der Waals surface area (Å²) in [6.45, 7) is 2.89. The highest BCUT2D eigenvalue weighted by molar-refractivity contribution is 5.69. The van der Waals surface area contributed by atoms with Crippen molar-refractivity contribution in [2.24, 2.45) is 5.73 Å². The summed E-state index contributed by atoms with van der Waals surface area (Å²) in [5, 5.41) is 3.38. The van der Waals surface area contributed by atoms with Crippen LogP contribution in [-0.4, -0.2) is 19.1 Å². The minimum atomic E-state index is -0.152. The fraction of sp³-hybridized carbons (Fsp3) is 0.500. The second-order valence-electron chi connectivity index (χ2n) is 4.53. The second kappa shape index (κ2) is 5.98. The predicted octanol–water partition coefficient (Wildman–Crippen LogP) is 1.67. The lowest BCUT2D eigenvalue weighted by Crippen LogP contribution is -2.23. The Hall–Kier alpha value is -1.39. The van der Waals surface area contributed by atoms with E-state index in [9.17, 15) is 4.79 Å². The SMILES string of the molecule is CCOC(=O)CCNC1CC(N)c2ccccc21. The summed E-state index contributed by atoms with van der Waals surface area (Å²) in [5.41, 5.74) is 8.56. The van der Waals surface area contributed by atoms with Gasteiger partial charge in [0.05, 0.1) is 13.0 Å². The van der Waals surface area contributed by atoms with Gasteiger partial charge in [-0.1, -0.05) is 24.3 Å². The lowest BCUT2D eigenvalue weighted by molar-refractivity contribution is -0.143. The molecule has 0 aliphatic heterocycles. The maximum absolute atomic E-state index is 11.2. The van der Waals surface area contributed by atoms with Crippen LogP contribution in [0, 0.1) is 0 Å². The first-order chi connectivity index (χ1) is 8.72. The molecule has 2 rings (SSSR count). The first-order valence-electron chi connectivity index (χ1n) is 6.45. The van der Waals surface area contributed by atoms with Crippen LogP contribution >= 0.6 is 0 Å². The molecule has 0 radical (unpaired) electrons. The summed E-state index contributed by atoms with van der Waals surface area (Å²) in [6.07, 6.45) is 1.30. The van der Waals surface area contributed by atoms with Crippen LogP contribution in [0.2, 0.25) is 0 Å². The Morgan fingerprint density at radius 3 is 2.89 bits per heavy atom. The zero-order valence-electron chi connectivity index (χ0n) is 10.7. The molecule has 0 spiro atoms. The number of esters is 1. The molecule has 0 fully saturated rings. The number of benzene rings is 1. The molecule has 2 unspecified atom stereocenters. The maximum Gasteiger partial charge on any atom is 0.307 e. The predicted molar refractivity (Wildman–Crippen MR) is 70.0 cm³/mol. The topological polar surface area (TPSA) is 64.3 Å². The largest absolute Gasteiger partial charge is 0.466 e. The standard InChI is InChI=1S/C14H20N2O2/c1-2-18-14(17)7-8-16-13-9-12(15)10-5-3-4-6-11(10)13/h3-6,12-13,16H,2,7-9,15H2,1H3. The fourth-order valence-corrected chi connectivity index (χ4v) is 2.45. The Morgan fingerprint density at radius 1 is 1.44 bits per heavy atom. The monoisotopic (exact) mass is 248 g/mol. The number of nitrogens with one attached hydrogen (secondary N) is 1.